The molecule has 1 saturated heterocycles. The van der Waals surface area contributed by atoms with Crippen LogP contribution in [-0.2, 0) is 19.6 Å². The molecular formula is C19H29N3O4S. The van der Waals surface area contributed by atoms with Crippen molar-refractivity contribution in [3.05, 3.63) is 24.3 Å². The number of carbonyl (C=O) groups is 2. The van der Waals surface area contributed by atoms with Gasteiger partial charge in [0, 0.05) is 31.2 Å². The summed E-state index contributed by atoms with van der Waals surface area (Å²) >= 11 is 0. The summed E-state index contributed by atoms with van der Waals surface area (Å²) < 4.78 is 27.1. The van der Waals surface area contributed by atoms with E-state index < -0.39 is 10.0 Å². The zero-order valence-electron chi connectivity index (χ0n) is 16.2. The molecular weight excluding hydrogens is 366 g/mol. The normalized spacial score (nSPS) is 18.6. The zero-order chi connectivity index (χ0) is 20.0. The van der Waals surface area contributed by atoms with Gasteiger partial charge in [0.25, 0.3) is 0 Å². The van der Waals surface area contributed by atoms with E-state index in [9.17, 15) is 18.0 Å². The number of carbonyl (C=O) groups excluding carboxylic acids is 2. The average molecular weight is 396 g/mol. The maximum absolute atomic E-state index is 12.4. The van der Waals surface area contributed by atoms with Gasteiger partial charge in [0.05, 0.1) is 10.8 Å². The maximum Gasteiger partial charge on any atom is 0.240 e. The molecule has 0 bridgehead atoms. The van der Waals surface area contributed by atoms with Gasteiger partial charge >= 0.3 is 0 Å². The molecule has 0 radical (unpaired) electrons. The summed E-state index contributed by atoms with van der Waals surface area (Å²) in [6, 6.07) is 5.91. The summed E-state index contributed by atoms with van der Waals surface area (Å²) in [6.07, 6.45) is 2.85. The Balaban J connectivity index is 1.96. The van der Waals surface area contributed by atoms with E-state index in [1.54, 1.807) is 24.0 Å². The molecule has 0 aliphatic carbocycles. The van der Waals surface area contributed by atoms with Crippen LogP contribution >= 0.6 is 0 Å². The molecule has 1 heterocycles. The average Bonchev–Trinajstić information content (AvgIpc) is 3.01. The van der Waals surface area contributed by atoms with E-state index in [0.29, 0.717) is 25.2 Å². The van der Waals surface area contributed by atoms with Gasteiger partial charge in [-0.1, -0.05) is 20.3 Å². The predicted octanol–water partition coefficient (Wildman–Crippen LogP) is 2.35. The first kappa shape index (κ1) is 21.4. The van der Waals surface area contributed by atoms with Crippen LogP contribution in [0, 0.1) is 5.92 Å². The molecule has 0 aromatic heterocycles. The van der Waals surface area contributed by atoms with Crippen molar-refractivity contribution in [1.82, 2.24) is 9.62 Å². The third kappa shape index (κ3) is 5.77. The first-order chi connectivity index (χ1) is 12.8. The molecule has 1 fully saturated rings. The van der Waals surface area contributed by atoms with Gasteiger partial charge in [-0.25, -0.2) is 13.1 Å². The lowest BCUT2D eigenvalue weighted by atomic mass is 10.1. The van der Waals surface area contributed by atoms with Crippen molar-refractivity contribution in [2.24, 2.45) is 5.92 Å². The highest BCUT2D eigenvalue weighted by molar-refractivity contribution is 7.89. The van der Waals surface area contributed by atoms with E-state index in [4.69, 9.17) is 0 Å². The van der Waals surface area contributed by atoms with Crippen molar-refractivity contribution in [1.29, 1.82) is 0 Å². The monoisotopic (exact) mass is 395 g/mol. The number of likely N-dealkylation sites (tertiary alicyclic amines) is 1. The van der Waals surface area contributed by atoms with E-state index in [-0.39, 0.29) is 35.1 Å². The number of sulfonamides is 1. The summed E-state index contributed by atoms with van der Waals surface area (Å²) in [5.74, 6) is -0.568. The number of nitrogens with zero attached hydrogens (tertiary/aromatic N) is 1. The number of anilines is 1. The first-order valence-corrected chi connectivity index (χ1v) is 11.0. The number of amides is 2. The van der Waals surface area contributed by atoms with E-state index in [0.717, 1.165) is 12.8 Å². The molecule has 150 valence electrons. The van der Waals surface area contributed by atoms with Crippen LogP contribution in [0.25, 0.3) is 0 Å². The summed E-state index contributed by atoms with van der Waals surface area (Å²) in [5, 5.41) is 2.78. The number of benzene rings is 1. The molecule has 2 unspecified atom stereocenters. The number of nitrogens with one attached hydrogen (secondary N) is 2. The van der Waals surface area contributed by atoms with Crippen LogP contribution in [0.2, 0.25) is 0 Å². The Morgan fingerprint density at radius 2 is 1.93 bits per heavy atom. The molecule has 7 nitrogen and oxygen atoms in total. The Bertz CT molecular complexity index is 762. The lowest BCUT2D eigenvalue weighted by Crippen LogP contribution is -2.32. The molecule has 1 aromatic carbocycles. The lowest BCUT2D eigenvalue weighted by molar-refractivity contribution is -0.128. The quantitative estimate of drug-likeness (QED) is 0.671. The lowest BCUT2D eigenvalue weighted by Gasteiger charge is -2.16. The Morgan fingerprint density at radius 3 is 2.52 bits per heavy atom. The largest absolute Gasteiger partial charge is 0.342 e. The van der Waals surface area contributed by atoms with Gasteiger partial charge in [0.15, 0.2) is 0 Å². The highest BCUT2D eigenvalue weighted by Crippen LogP contribution is 2.21. The molecule has 2 N–H and O–H groups in total. The van der Waals surface area contributed by atoms with Crippen molar-refractivity contribution in [3.8, 4) is 0 Å². The molecule has 2 atom stereocenters. The second kappa shape index (κ2) is 9.32. The molecule has 2 rings (SSSR count). The number of rotatable bonds is 9. The number of unbranched alkanes of at least 4 members (excludes halogenated alkanes) is 1. The minimum Gasteiger partial charge on any atom is -0.342 e. The topological polar surface area (TPSA) is 95.6 Å². The molecule has 1 aromatic rings. The van der Waals surface area contributed by atoms with E-state index in [1.165, 1.54) is 12.1 Å². The SMILES string of the molecule is CCCCN1CC(C(=O)Nc2ccc(S(=O)(=O)NC(C)CC)cc2)CC1=O. The Kier molecular flexibility index (Phi) is 7.38. The summed E-state index contributed by atoms with van der Waals surface area (Å²) in [4.78, 5) is 26.3. The molecule has 8 heteroatoms. The predicted molar refractivity (Wildman–Crippen MR) is 105 cm³/mol. The highest BCUT2D eigenvalue weighted by atomic mass is 32.2. The van der Waals surface area contributed by atoms with Gasteiger partial charge in [-0.2, -0.15) is 0 Å². The highest BCUT2D eigenvalue weighted by Gasteiger charge is 2.33. The van der Waals surface area contributed by atoms with Crippen molar-refractivity contribution >= 4 is 27.5 Å². The smallest absolute Gasteiger partial charge is 0.240 e. The van der Waals surface area contributed by atoms with Crippen molar-refractivity contribution in [2.45, 2.75) is 57.4 Å². The summed E-state index contributed by atoms with van der Waals surface area (Å²) in [7, 11) is -3.57. The fourth-order valence-electron chi connectivity index (χ4n) is 2.89. The first-order valence-electron chi connectivity index (χ1n) is 9.47. The van der Waals surface area contributed by atoms with Crippen LogP contribution < -0.4 is 10.0 Å². The molecule has 2 amide bonds. The van der Waals surface area contributed by atoms with Gasteiger partial charge in [-0.05, 0) is 44.0 Å². The van der Waals surface area contributed by atoms with Crippen molar-refractivity contribution < 1.29 is 18.0 Å². The van der Waals surface area contributed by atoms with E-state index >= 15 is 0 Å². The van der Waals surface area contributed by atoms with Crippen molar-refractivity contribution in [3.63, 3.8) is 0 Å². The van der Waals surface area contributed by atoms with Crippen LogP contribution in [0.15, 0.2) is 29.2 Å². The van der Waals surface area contributed by atoms with Gasteiger partial charge in [-0.15, -0.1) is 0 Å². The molecule has 27 heavy (non-hydrogen) atoms. The fraction of sp³-hybridized carbons (Fsp3) is 0.579. The van der Waals surface area contributed by atoms with Gasteiger partial charge in [0.2, 0.25) is 21.8 Å². The maximum atomic E-state index is 12.4. The van der Waals surface area contributed by atoms with Gasteiger partial charge < -0.3 is 10.2 Å². The minimum atomic E-state index is -3.57. The van der Waals surface area contributed by atoms with Crippen LogP contribution in [0.5, 0.6) is 0 Å². The number of hydrogen-bond acceptors (Lipinski definition) is 4. The third-order valence-electron chi connectivity index (χ3n) is 4.77. The molecule has 1 aliphatic heterocycles. The van der Waals surface area contributed by atoms with Gasteiger partial charge in [0.1, 0.15) is 0 Å². The number of hydrogen-bond donors (Lipinski definition) is 2. The molecule has 0 saturated carbocycles. The van der Waals surface area contributed by atoms with Crippen LogP contribution in [0.1, 0.15) is 46.5 Å². The van der Waals surface area contributed by atoms with Crippen LogP contribution in [0.3, 0.4) is 0 Å². The van der Waals surface area contributed by atoms with Gasteiger partial charge in [-0.3, -0.25) is 9.59 Å². The van der Waals surface area contributed by atoms with E-state index in [1.807, 2.05) is 6.92 Å². The summed E-state index contributed by atoms with van der Waals surface area (Å²) in [5.41, 5.74) is 0.516. The standard InChI is InChI=1S/C19H29N3O4S/c1-4-6-11-22-13-15(12-18(22)23)19(24)20-16-7-9-17(10-8-16)27(25,26)21-14(3)5-2/h7-10,14-15,21H,4-6,11-13H2,1-3H3,(H,20,24). The zero-order valence-corrected chi connectivity index (χ0v) is 17.0. The Labute approximate surface area is 161 Å². The van der Waals surface area contributed by atoms with E-state index in [2.05, 4.69) is 17.0 Å². The summed E-state index contributed by atoms with van der Waals surface area (Å²) in [6.45, 7) is 6.90. The van der Waals surface area contributed by atoms with Crippen LogP contribution in [-0.4, -0.2) is 44.3 Å². The molecule has 0 spiro atoms. The minimum absolute atomic E-state index is 0.0150. The van der Waals surface area contributed by atoms with Crippen molar-refractivity contribution in [2.75, 3.05) is 18.4 Å². The second-order valence-corrected chi connectivity index (χ2v) is 8.75. The molecule has 1 aliphatic rings. The third-order valence-corrected chi connectivity index (χ3v) is 6.37. The Morgan fingerprint density at radius 1 is 1.26 bits per heavy atom. The Hall–Kier alpha value is -1.93. The second-order valence-electron chi connectivity index (χ2n) is 7.04. The van der Waals surface area contributed by atoms with Crippen LogP contribution in [0.4, 0.5) is 5.69 Å². The fourth-order valence-corrected chi connectivity index (χ4v) is 4.22.